The van der Waals surface area contributed by atoms with Gasteiger partial charge in [0.05, 0.1) is 6.04 Å². The Bertz CT molecular complexity index is 716. The zero-order valence-corrected chi connectivity index (χ0v) is 12.9. The van der Waals surface area contributed by atoms with Crippen molar-refractivity contribution in [2.24, 2.45) is 5.73 Å². The standard InChI is InChI=1S/C17H18FN3O2/c1-11(12-6-8-14(18)9-7-12)21(2)16(22)13-4-3-5-15(10-13)20-17(19)23/h3-11H,1-2H3,(H3,19,20,23). The molecule has 0 bridgehead atoms. The van der Waals surface area contributed by atoms with Crippen molar-refractivity contribution in [2.45, 2.75) is 13.0 Å². The molecule has 1 unspecified atom stereocenters. The van der Waals surface area contributed by atoms with Crippen molar-refractivity contribution in [3.05, 3.63) is 65.5 Å². The van der Waals surface area contributed by atoms with Crippen molar-refractivity contribution >= 4 is 17.6 Å². The third kappa shape index (κ3) is 4.06. The summed E-state index contributed by atoms with van der Waals surface area (Å²) in [6.45, 7) is 1.86. The van der Waals surface area contributed by atoms with Crippen LogP contribution in [0.3, 0.4) is 0 Å². The highest BCUT2D eigenvalue weighted by atomic mass is 19.1. The van der Waals surface area contributed by atoms with Crippen LogP contribution >= 0.6 is 0 Å². The van der Waals surface area contributed by atoms with E-state index in [0.717, 1.165) is 5.56 Å². The minimum absolute atomic E-state index is 0.213. The van der Waals surface area contributed by atoms with Gasteiger partial charge in [-0.15, -0.1) is 0 Å². The molecular weight excluding hydrogens is 297 g/mol. The van der Waals surface area contributed by atoms with Crippen LogP contribution in [0.4, 0.5) is 14.9 Å². The van der Waals surface area contributed by atoms with E-state index in [1.807, 2.05) is 6.92 Å². The molecule has 0 fully saturated rings. The van der Waals surface area contributed by atoms with Crippen LogP contribution in [0.1, 0.15) is 28.9 Å². The molecule has 0 aliphatic heterocycles. The molecule has 0 spiro atoms. The van der Waals surface area contributed by atoms with Gasteiger partial charge in [-0.05, 0) is 42.8 Å². The molecule has 5 nitrogen and oxygen atoms in total. The third-order valence-electron chi connectivity index (χ3n) is 3.63. The summed E-state index contributed by atoms with van der Waals surface area (Å²) in [6, 6.07) is 11.6. The number of urea groups is 1. The van der Waals surface area contributed by atoms with Gasteiger partial charge in [-0.1, -0.05) is 18.2 Å². The van der Waals surface area contributed by atoms with Crippen molar-refractivity contribution in [3.8, 4) is 0 Å². The average molecular weight is 315 g/mol. The highest BCUT2D eigenvalue weighted by Crippen LogP contribution is 2.22. The molecule has 2 rings (SSSR count). The van der Waals surface area contributed by atoms with Gasteiger partial charge in [-0.25, -0.2) is 9.18 Å². The number of anilines is 1. The largest absolute Gasteiger partial charge is 0.351 e. The predicted octanol–water partition coefficient (Wildman–Crippen LogP) is 3.15. The second kappa shape index (κ2) is 6.91. The summed E-state index contributed by atoms with van der Waals surface area (Å²) < 4.78 is 13.0. The zero-order valence-electron chi connectivity index (χ0n) is 12.9. The Kier molecular flexibility index (Phi) is 4.95. The first kappa shape index (κ1) is 16.5. The number of rotatable bonds is 4. The fraction of sp³-hybridized carbons (Fsp3) is 0.176. The van der Waals surface area contributed by atoms with E-state index in [-0.39, 0.29) is 17.8 Å². The van der Waals surface area contributed by atoms with E-state index >= 15 is 0 Å². The number of carbonyl (C=O) groups excluding carboxylic acids is 2. The first-order chi connectivity index (χ1) is 10.9. The van der Waals surface area contributed by atoms with Crippen LogP contribution in [-0.2, 0) is 0 Å². The molecule has 23 heavy (non-hydrogen) atoms. The van der Waals surface area contributed by atoms with Crippen molar-refractivity contribution < 1.29 is 14.0 Å². The highest BCUT2D eigenvalue weighted by molar-refractivity contribution is 5.96. The molecule has 6 heteroatoms. The first-order valence-electron chi connectivity index (χ1n) is 7.07. The van der Waals surface area contributed by atoms with E-state index in [1.165, 1.54) is 12.1 Å². The van der Waals surface area contributed by atoms with Gasteiger partial charge in [0.15, 0.2) is 0 Å². The molecule has 120 valence electrons. The maximum absolute atomic E-state index is 13.0. The van der Waals surface area contributed by atoms with Crippen molar-refractivity contribution in [1.29, 1.82) is 0 Å². The molecule has 3 amide bonds. The van der Waals surface area contributed by atoms with Crippen molar-refractivity contribution in [2.75, 3.05) is 12.4 Å². The molecular formula is C17H18FN3O2. The maximum atomic E-state index is 13.0. The molecule has 2 aromatic rings. The Balaban J connectivity index is 2.18. The number of nitrogens with one attached hydrogen (secondary N) is 1. The van der Waals surface area contributed by atoms with Crippen LogP contribution < -0.4 is 11.1 Å². The number of halogens is 1. The lowest BCUT2D eigenvalue weighted by Gasteiger charge is -2.25. The predicted molar refractivity (Wildman–Crippen MR) is 86.6 cm³/mol. The van der Waals surface area contributed by atoms with E-state index in [9.17, 15) is 14.0 Å². The van der Waals surface area contributed by atoms with E-state index in [1.54, 1.807) is 48.3 Å². The minimum Gasteiger partial charge on any atom is -0.351 e. The summed E-state index contributed by atoms with van der Waals surface area (Å²) >= 11 is 0. The highest BCUT2D eigenvalue weighted by Gasteiger charge is 2.19. The summed E-state index contributed by atoms with van der Waals surface area (Å²) in [6.07, 6.45) is 0. The molecule has 0 aromatic heterocycles. The number of amides is 3. The lowest BCUT2D eigenvalue weighted by atomic mass is 10.1. The van der Waals surface area contributed by atoms with E-state index in [4.69, 9.17) is 5.73 Å². The fourth-order valence-electron chi connectivity index (χ4n) is 2.22. The van der Waals surface area contributed by atoms with E-state index in [0.29, 0.717) is 11.3 Å². The van der Waals surface area contributed by atoms with E-state index < -0.39 is 6.03 Å². The smallest absolute Gasteiger partial charge is 0.316 e. The van der Waals surface area contributed by atoms with Crippen molar-refractivity contribution in [3.63, 3.8) is 0 Å². The van der Waals surface area contributed by atoms with Crippen LogP contribution in [0.2, 0.25) is 0 Å². The van der Waals surface area contributed by atoms with Gasteiger partial charge in [0, 0.05) is 18.3 Å². The van der Waals surface area contributed by atoms with Crippen LogP contribution in [0.15, 0.2) is 48.5 Å². The van der Waals surface area contributed by atoms with Gasteiger partial charge < -0.3 is 16.0 Å². The van der Waals surface area contributed by atoms with Gasteiger partial charge >= 0.3 is 6.03 Å². The fourth-order valence-corrected chi connectivity index (χ4v) is 2.22. The monoisotopic (exact) mass is 315 g/mol. The molecule has 1 atom stereocenters. The summed E-state index contributed by atoms with van der Waals surface area (Å²) in [5, 5.41) is 2.43. The zero-order chi connectivity index (χ0) is 17.0. The molecule has 3 N–H and O–H groups in total. The molecule has 0 heterocycles. The Morgan fingerprint density at radius 3 is 2.43 bits per heavy atom. The van der Waals surface area contributed by atoms with Crippen LogP contribution in [0.5, 0.6) is 0 Å². The number of primary amides is 1. The number of carbonyl (C=O) groups is 2. The van der Waals surface area contributed by atoms with Gasteiger partial charge in [0.2, 0.25) is 0 Å². The summed E-state index contributed by atoms with van der Waals surface area (Å²) in [5.41, 5.74) is 6.77. The average Bonchev–Trinajstić information content (AvgIpc) is 2.53. The molecule has 0 radical (unpaired) electrons. The lowest BCUT2D eigenvalue weighted by molar-refractivity contribution is 0.0742. The van der Waals surface area contributed by atoms with Crippen LogP contribution in [0.25, 0.3) is 0 Å². The number of nitrogens with two attached hydrogens (primary N) is 1. The van der Waals surface area contributed by atoms with Gasteiger partial charge in [-0.2, -0.15) is 0 Å². The van der Waals surface area contributed by atoms with Crippen LogP contribution in [0, 0.1) is 5.82 Å². The number of hydrogen-bond donors (Lipinski definition) is 2. The summed E-state index contributed by atoms with van der Waals surface area (Å²) in [4.78, 5) is 25.0. The molecule has 0 saturated heterocycles. The minimum atomic E-state index is -0.692. The Morgan fingerprint density at radius 1 is 1.17 bits per heavy atom. The molecule has 0 aliphatic rings. The quantitative estimate of drug-likeness (QED) is 0.909. The number of nitrogens with zero attached hydrogens (tertiary/aromatic N) is 1. The number of benzene rings is 2. The number of hydrogen-bond acceptors (Lipinski definition) is 2. The molecule has 0 saturated carbocycles. The van der Waals surface area contributed by atoms with Gasteiger partial charge in [0.1, 0.15) is 5.82 Å². The molecule has 0 aliphatic carbocycles. The lowest BCUT2D eigenvalue weighted by Crippen LogP contribution is -2.29. The third-order valence-corrected chi connectivity index (χ3v) is 3.63. The Hall–Kier alpha value is -2.89. The SMILES string of the molecule is CC(c1ccc(F)cc1)N(C)C(=O)c1cccc(NC(N)=O)c1. The van der Waals surface area contributed by atoms with Gasteiger partial charge in [-0.3, -0.25) is 4.79 Å². The summed E-state index contributed by atoms with van der Waals surface area (Å²) in [7, 11) is 1.67. The second-order valence-corrected chi connectivity index (χ2v) is 5.21. The van der Waals surface area contributed by atoms with Crippen LogP contribution in [-0.4, -0.2) is 23.9 Å². The maximum Gasteiger partial charge on any atom is 0.316 e. The first-order valence-corrected chi connectivity index (χ1v) is 7.07. The second-order valence-electron chi connectivity index (χ2n) is 5.21. The van der Waals surface area contributed by atoms with Crippen molar-refractivity contribution in [1.82, 2.24) is 4.90 Å². The Morgan fingerprint density at radius 2 is 1.83 bits per heavy atom. The van der Waals surface area contributed by atoms with E-state index in [2.05, 4.69) is 5.32 Å². The summed E-state index contributed by atoms with van der Waals surface area (Å²) in [5.74, 6) is -0.532. The van der Waals surface area contributed by atoms with Gasteiger partial charge in [0.25, 0.3) is 5.91 Å². The topological polar surface area (TPSA) is 75.4 Å². The normalized spacial score (nSPS) is 11.6. The Labute approximate surface area is 133 Å². The molecule has 2 aromatic carbocycles.